The van der Waals surface area contributed by atoms with Crippen molar-refractivity contribution in [1.82, 2.24) is 5.32 Å². The molecule has 2 aromatic carbocycles. The summed E-state index contributed by atoms with van der Waals surface area (Å²) in [6.07, 6.45) is 0. The van der Waals surface area contributed by atoms with Crippen LogP contribution in [0.1, 0.15) is 16.7 Å². The smallest absolute Gasteiger partial charge is 0.319 e. The third-order valence-corrected chi connectivity index (χ3v) is 3.26. The van der Waals surface area contributed by atoms with Gasteiger partial charge in [-0.05, 0) is 37.1 Å². The summed E-state index contributed by atoms with van der Waals surface area (Å²) in [4.78, 5) is 11.9. The average molecular weight is 289 g/mol. The summed E-state index contributed by atoms with van der Waals surface area (Å²) in [6.45, 7) is 4.45. The molecule has 0 heterocycles. The van der Waals surface area contributed by atoms with Crippen molar-refractivity contribution in [2.75, 3.05) is 5.32 Å². The number of amides is 2. The Hall–Kier alpha value is -2.00. The van der Waals surface area contributed by atoms with Crippen LogP contribution in [0.15, 0.2) is 42.5 Å². The number of carbonyl (C=O) groups is 1. The van der Waals surface area contributed by atoms with E-state index in [4.69, 9.17) is 11.6 Å². The number of nitrogens with one attached hydrogen (secondary N) is 2. The fourth-order valence-electron chi connectivity index (χ4n) is 1.78. The van der Waals surface area contributed by atoms with Gasteiger partial charge in [0.25, 0.3) is 0 Å². The first kappa shape index (κ1) is 14.4. The molecule has 20 heavy (non-hydrogen) atoms. The molecule has 0 aliphatic carbocycles. The van der Waals surface area contributed by atoms with Gasteiger partial charge < -0.3 is 10.6 Å². The van der Waals surface area contributed by atoms with Gasteiger partial charge >= 0.3 is 6.03 Å². The first-order valence-electron chi connectivity index (χ1n) is 6.41. The van der Waals surface area contributed by atoms with Crippen molar-refractivity contribution in [2.45, 2.75) is 20.4 Å². The second-order valence-corrected chi connectivity index (χ2v) is 5.19. The van der Waals surface area contributed by atoms with E-state index in [2.05, 4.69) is 10.6 Å². The molecule has 0 bridgehead atoms. The molecule has 0 aliphatic heterocycles. The summed E-state index contributed by atoms with van der Waals surface area (Å²) in [5.41, 5.74) is 3.96. The molecular formula is C16H17ClN2O. The lowest BCUT2D eigenvalue weighted by molar-refractivity contribution is 0.251. The van der Waals surface area contributed by atoms with Crippen LogP contribution in [0.4, 0.5) is 10.5 Å². The zero-order chi connectivity index (χ0) is 14.5. The minimum atomic E-state index is -0.240. The van der Waals surface area contributed by atoms with E-state index in [0.717, 1.165) is 16.8 Å². The quantitative estimate of drug-likeness (QED) is 0.869. The van der Waals surface area contributed by atoms with Gasteiger partial charge in [0, 0.05) is 17.3 Å². The van der Waals surface area contributed by atoms with E-state index < -0.39 is 0 Å². The summed E-state index contributed by atoms with van der Waals surface area (Å²) in [7, 11) is 0. The number of anilines is 1. The van der Waals surface area contributed by atoms with Gasteiger partial charge in [-0.1, -0.05) is 47.5 Å². The second-order valence-electron chi connectivity index (χ2n) is 4.75. The Labute approximate surface area is 124 Å². The third-order valence-electron chi connectivity index (χ3n) is 3.02. The zero-order valence-electron chi connectivity index (χ0n) is 11.5. The van der Waals surface area contributed by atoms with E-state index in [9.17, 15) is 4.79 Å². The minimum absolute atomic E-state index is 0.240. The molecule has 3 nitrogen and oxygen atoms in total. The lowest BCUT2D eigenvalue weighted by Gasteiger charge is -2.10. The lowest BCUT2D eigenvalue weighted by Crippen LogP contribution is -2.28. The highest BCUT2D eigenvalue weighted by Crippen LogP contribution is 2.19. The highest BCUT2D eigenvalue weighted by atomic mass is 35.5. The number of rotatable bonds is 3. The normalized spacial score (nSPS) is 10.2. The first-order valence-corrected chi connectivity index (χ1v) is 6.79. The van der Waals surface area contributed by atoms with E-state index in [-0.39, 0.29) is 6.03 Å². The Morgan fingerprint density at radius 3 is 2.50 bits per heavy atom. The number of hydrogen-bond acceptors (Lipinski definition) is 1. The number of carbonyl (C=O) groups excluding carboxylic acids is 1. The molecule has 0 saturated heterocycles. The highest BCUT2D eigenvalue weighted by Gasteiger charge is 2.05. The van der Waals surface area contributed by atoms with Crippen molar-refractivity contribution >= 4 is 23.3 Å². The van der Waals surface area contributed by atoms with Crippen molar-refractivity contribution in [1.29, 1.82) is 0 Å². The molecule has 0 radical (unpaired) electrons. The fourth-order valence-corrected chi connectivity index (χ4v) is 1.96. The molecule has 4 heteroatoms. The lowest BCUT2D eigenvalue weighted by atomic mass is 10.1. The van der Waals surface area contributed by atoms with Crippen LogP contribution < -0.4 is 10.6 Å². The van der Waals surface area contributed by atoms with Gasteiger partial charge in [-0.15, -0.1) is 0 Å². The Balaban J connectivity index is 1.92. The highest BCUT2D eigenvalue weighted by molar-refractivity contribution is 6.31. The molecule has 104 valence electrons. The van der Waals surface area contributed by atoms with E-state index in [1.807, 2.05) is 44.2 Å². The summed E-state index contributed by atoms with van der Waals surface area (Å²) >= 11 is 5.92. The molecule has 0 aliphatic rings. The predicted octanol–water partition coefficient (Wildman–Crippen LogP) is 4.28. The van der Waals surface area contributed by atoms with Gasteiger partial charge in [0.15, 0.2) is 0 Å². The van der Waals surface area contributed by atoms with Gasteiger partial charge in [-0.25, -0.2) is 4.79 Å². The molecule has 0 aromatic heterocycles. The molecule has 0 atom stereocenters. The molecule has 0 unspecified atom stereocenters. The van der Waals surface area contributed by atoms with Crippen LogP contribution >= 0.6 is 11.6 Å². The summed E-state index contributed by atoms with van der Waals surface area (Å²) in [6, 6.07) is 13.2. The monoisotopic (exact) mass is 288 g/mol. The Kier molecular flexibility index (Phi) is 4.64. The maximum absolute atomic E-state index is 11.9. The van der Waals surface area contributed by atoms with Crippen molar-refractivity contribution in [3.8, 4) is 0 Å². The van der Waals surface area contributed by atoms with Gasteiger partial charge in [-0.3, -0.25) is 0 Å². The van der Waals surface area contributed by atoms with Gasteiger partial charge in [0.1, 0.15) is 0 Å². The summed E-state index contributed by atoms with van der Waals surface area (Å²) in [5, 5.41) is 6.22. The second kappa shape index (κ2) is 6.44. The summed E-state index contributed by atoms with van der Waals surface area (Å²) < 4.78 is 0. The van der Waals surface area contributed by atoms with E-state index in [1.165, 1.54) is 5.56 Å². The predicted molar refractivity (Wildman–Crippen MR) is 83.2 cm³/mol. The van der Waals surface area contributed by atoms with Crippen molar-refractivity contribution < 1.29 is 4.79 Å². The maximum atomic E-state index is 11.9. The number of benzene rings is 2. The number of halogens is 1. The Bertz CT molecular complexity index is 608. The van der Waals surface area contributed by atoms with Crippen LogP contribution in [0.2, 0.25) is 5.02 Å². The van der Waals surface area contributed by atoms with Crippen LogP contribution in [0.5, 0.6) is 0 Å². The van der Waals surface area contributed by atoms with E-state index >= 15 is 0 Å². The largest absolute Gasteiger partial charge is 0.334 e. The number of aryl methyl sites for hydroxylation is 2. The Morgan fingerprint density at radius 2 is 1.80 bits per heavy atom. The van der Waals surface area contributed by atoms with Crippen molar-refractivity contribution in [3.63, 3.8) is 0 Å². The van der Waals surface area contributed by atoms with Crippen molar-refractivity contribution in [2.24, 2.45) is 0 Å². The molecule has 0 spiro atoms. The van der Waals surface area contributed by atoms with Crippen LogP contribution in [0.25, 0.3) is 0 Å². The topological polar surface area (TPSA) is 41.1 Å². The summed E-state index contributed by atoms with van der Waals surface area (Å²) in [5.74, 6) is 0. The van der Waals surface area contributed by atoms with E-state index in [1.54, 1.807) is 12.1 Å². The molecule has 2 N–H and O–H groups in total. The van der Waals surface area contributed by atoms with Gasteiger partial charge in [0.05, 0.1) is 0 Å². The van der Waals surface area contributed by atoms with Gasteiger partial charge in [-0.2, -0.15) is 0 Å². The third kappa shape index (κ3) is 4.00. The van der Waals surface area contributed by atoms with Crippen LogP contribution in [-0.2, 0) is 6.54 Å². The van der Waals surface area contributed by atoms with Crippen LogP contribution in [0, 0.1) is 13.8 Å². The Morgan fingerprint density at radius 1 is 1.10 bits per heavy atom. The van der Waals surface area contributed by atoms with E-state index in [0.29, 0.717) is 11.6 Å². The molecule has 0 fully saturated rings. The number of urea groups is 1. The van der Waals surface area contributed by atoms with Crippen molar-refractivity contribution in [3.05, 3.63) is 64.2 Å². The SMILES string of the molecule is Cc1ccc(CNC(=O)Nc2cc(Cl)ccc2C)cc1. The molecular weight excluding hydrogens is 272 g/mol. The molecule has 0 saturated carbocycles. The minimum Gasteiger partial charge on any atom is -0.334 e. The number of hydrogen-bond donors (Lipinski definition) is 2. The van der Waals surface area contributed by atoms with Crippen LogP contribution in [0.3, 0.4) is 0 Å². The fraction of sp³-hybridized carbons (Fsp3) is 0.188. The molecule has 2 aromatic rings. The molecule has 2 amide bonds. The van der Waals surface area contributed by atoms with Crippen LogP contribution in [-0.4, -0.2) is 6.03 Å². The van der Waals surface area contributed by atoms with Gasteiger partial charge in [0.2, 0.25) is 0 Å². The average Bonchev–Trinajstić information content (AvgIpc) is 2.42. The zero-order valence-corrected chi connectivity index (χ0v) is 12.3. The molecule has 2 rings (SSSR count). The standard InChI is InChI=1S/C16H17ClN2O/c1-11-3-6-13(7-4-11)10-18-16(20)19-15-9-14(17)8-5-12(15)2/h3-9H,10H2,1-2H3,(H2,18,19,20). The first-order chi connectivity index (χ1) is 9.54. The maximum Gasteiger partial charge on any atom is 0.319 e.